The van der Waals surface area contributed by atoms with E-state index in [2.05, 4.69) is 29.9 Å². The first-order chi connectivity index (χ1) is 10.1. The van der Waals surface area contributed by atoms with Crippen LogP contribution >= 0.6 is 12.4 Å². The molecule has 0 amide bonds. The zero-order valence-corrected chi connectivity index (χ0v) is 14.6. The number of rotatable bonds is 7. The van der Waals surface area contributed by atoms with Crippen molar-refractivity contribution in [2.45, 2.75) is 46.2 Å². The molecule has 1 aromatic carbocycles. The Morgan fingerprint density at radius 1 is 1.32 bits per heavy atom. The molecule has 1 aromatic heterocycles. The van der Waals surface area contributed by atoms with Crippen LogP contribution in [0.15, 0.2) is 18.3 Å². The minimum Gasteiger partial charge on any atom is -0.490 e. The predicted octanol–water partition coefficient (Wildman–Crippen LogP) is 4.16. The van der Waals surface area contributed by atoms with Gasteiger partial charge in [0.15, 0.2) is 11.6 Å². The average molecular weight is 329 g/mol. The lowest BCUT2D eigenvalue weighted by Gasteiger charge is -2.11. The molecule has 0 spiro atoms. The molecular formula is C17H26ClFN2O. The largest absolute Gasteiger partial charge is 0.490 e. The SMILES string of the molecule is CCCn1cc(CC(C)NC)c2c(OCC)c(F)ccc21.Cl. The summed E-state index contributed by atoms with van der Waals surface area (Å²) in [5, 5.41) is 4.17. The van der Waals surface area contributed by atoms with E-state index in [1.807, 2.05) is 20.0 Å². The Kier molecular flexibility index (Phi) is 7.17. The molecule has 0 saturated carbocycles. The third kappa shape index (κ3) is 3.73. The molecule has 22 heavy (non-hydrogen) atoms. The third-order valence-corrected chi connectivity index (χ3v) is 3.80. The number of halogens is 2. The van der Waals surface area contributed by atoms with Gasteiger partial charge in [0.05, 0.1) is 12.1 Å². The Morgan fingerprint density at radius 2 is 2.05 bits per heavy atom. The van der Waals surface area contributed by atoms with Crippen molar-refractivity contribution in [3.05, 3.63) is 29.7 Å². The number of ether oxygens (including phenoxy) is 1. The summed E-state index contributed by atoms with van der Waals surface area (Å²) in [5.41, 5.74) is 2.20. The Hall–Kier alpha value is -1.26. The van der Waals surface area contributed by atoms with Gasteiger partial charge in [0.25, 0.3) is 0 Å². The smallest absolute Gasteiger partial charge is 0.165 e. The molecule has 2 aromatic rings. The van der Waals surface area contributed by atoms with E-state index in [1.165, 1.54) is 6.07 Å². The van der Waals surface area contributed by atoms with Crippen LogP contribution in [0, 0.1) is 5.82 Å². The van der Waals surface area contributed by atoms with Crippen LogP contribution in [-0.4, -0.2) is 24.3 Å². The van der Waals surface area contributed by atoms with Crippen molar-refractivity contribution in [1.82, 2.24) is 9.88 Å². The number of nitrogens with zero attached hydrogens (tertiary/aromatic N) is 1. The molecule has 2 rings (SSSR count). The van der Waals surface area contributed by atoms with Gasteiger partial charge in [-0.15, -0.1) is 12.4 Å². The fraction of sp³-hybridized carbons (Fsp3) is 0.529. The fourth-order valence-corrected chi connectivity index (χ4v) is 2.72. The van der Waals surface area contributed by atoms with Crippen LogP contribution in [0.3, 0.4) is 0 Å². The first-order valence-electron chi connectivity index (χ1n) is 7.72. The summed E-state index contributed by atoms with van der Waals surface area (Å²) in [6.07, 6.45) is 4.04. The van der Waals surface area contributed by atoms with Gasteiger partial charge in [-0.1, -0.05) is 6.92 Å². The van der Waals surface area contributed by atoms with E-state index in [4.69, 9.17) is 4.74 Å². The maximum Gasteiger partial charge on any atom is 0.165 e. The van der Waals surface area contributed by atoms with Gasteiger partial charge in [0, 0.05) is 24.2 Å². The van der Waals surface area contributed by atoms with Crippen LogP contribution in [0.1, 0.15) is 32.8 Å². The van der Waals surface area contributed by atoms with Gasteiger partial charge in [-0.25, -0.2) is 4.39 Å². The highest BCUT2D eigenvalue weighted by Gasteiger charge is 2.18. The van der Waals surface area contributed by atoms with Crippen molar-refractivity contribution in [3.63, 3.8) is 0 Å². The molecule has 3 nitrogen and oxygen atoms in total. The number of likely N-dealkylation sites (N-methyl/N-ethyl adjacent to an activating group) is 1. The number of benzene rings is 1. The molecule has 5 heteroatoms. The van der Waals surface area contributed by atoms with Crippen molar-refractivity contribution >= 4 is 23.3 Å². The Morgan fingerprint density at radius 3 is 2.64 bits per heavy atom. The summed E-state index contributed by atoms with van der Waals surface area (Å²) in [6.45, 7) is 7.56. The van der Waals surface area contributed by atoms with Gasteiger partial charge in [-0.3, -0.25) is 0 Å². The lowest BCUT2D eigenvalue weighted by molar-refractivity contribution is 0.326. The minimum absolute atomic E-state index is 0. The van der Waals surface area contributed by atoms with Crippen LogP contribution in [0.25, 0.3) is 10.9 Å². The number of fused-ring (bicyclic) bond motifs is 1. The molecule has 0 radical (unpaired) electrons. The lowest BCUT2D eigenvalue weighted by atomic mass is 10.1. The van der Waals surface area contributed by atoms with E-state index in [1.54, 1.807) is 0 Å². The normalized spacial score (nSPS) is 12.2. The van der Waals surface area contributed by atoms with Crippen LogP contribution in [-0.2, 0) is 13.0 Å². The molecule has 0 aliphatic rings. The predicted molar refractivity (Wildman–Crippen MR) is 92.8 cm³/mol. The molecule has 0 saturated heterocycles. The molecule has 1 heterocycles. The average Bonchev–Trinajstić information content (AvgIpc) is 2.80. The second-order valence-electron chi connectivity index (χ2n) is 5.45. The lowest BCUT2D eigenvalue weighted by Crippen LogP contribution is -2.23. The van der Waals surface area contributed by atoms with Gasteiger partial charge in [0.1, 0.15) is 0 Å². The number of aromatic nitrogens is 1. The standard InChI is InChI=1S/C17H25FN2O.ClH/c1-5-9-20-11-13(10-12(3)19-4)16-15(20)8-7-14(18)17(16)21-6-2;/h7-8,11-12,19H,5-6,9-10H2,1-4H3;1H. The fourth-order valence-electron chi connectivity index (χ4n) is 2.72. The van der Waals surface area contributed by atoms with Crippen molar-refractivity contribution in [1.29, 1.82) is 0 Å². The molecule has 0 aliphatic heterocycles. The van der Waals surface area contributed by atoms with Gasteiger partial charge < -0.3 is 14.6 Å². The monoisotopic (exact) mass is 328 g/mol. The number of hydrogen-bond donors (Lipinski definition) is 1. The summed E-state index contributed by atoms with van der Waals surface area (Å²) in [4.78, 5) is 0. The van der Waals surface area contributed by atoms with Crippen LogP contribution in [0.2, 0.25) is 0 Å². The molecule has 1 atom stereocenters. The third-order valence-electron chi connectivity index (χ3n) is 3.80. The molecule has 0 fully saturated rings. The first-order valence-corrected chi connectivity index (χ1v) is 7.72. The van der Waals surface area contributed by atoms with Crippen LogP contribution in [0.5, 0.6) is 5.75 Å². The molecular weight excluding hydrogens is 303 g/mol. The quantitative estimate of drug-likeness (QED) is 0.826. The van der Waals surface area contributed by atoms with E-state index in [0.29, 0.717) is 18.4 Å². The highest BCUT2D eigenvalue weighted by Crippen LogP contribution is 2.34. The van der Waals surface area contributed by atoms with E-state index in [9.17, 15) is 4.39 Å². The van der Waals surface area contributed by atoms with Crippen LogP contribution < -0.4 is 10.1 Å². The topological polar surface area (TPSA) is 26.2 Å². The second-order valence-corrected chi connectivity index (χ2v) is 5.45. The number of nitrogens with one attached hydrogen (secondary N) is 1. The zero-order chi connectivity index (χ0) is 15.4. The van der Waals surface area contributed by atoms with Gasteiger partial charge in [-0.2, -0.15) is 0 Å². The number of aryl methyl sites for hydroxylation is 1. The highest BCUT2D eigenvalue weighted by atomic mass is 35.5. The van der Waals surface area contributed by atoms with Gasteiger partial charge in [0.2, 0.25) is 0 Å². The second kappa shape index (κ2) is 8.39. The summed E-state index contributed by atoms with van der Waals surface area (Å²) < 4.78 is 21.9. The maximum atomic E-state index is 14.2. The minimum atomic E-state index is -0.281. The highest BCUT2D eigenvalue weighted by molar-refractivity contribution is 5.90. The van der Waals surface area contributed by atoms with E-state index in [0.717, 1.165) is 35.9 Å². The Bertz CT molecular complexity index is 612. The summed E-state index contributed by atoms with van der Waals surface area (Å²) in [5.74, 6) is 0.111. The van der Waals surface area contributed by atoms with Gasteiger partial charge >= 0.3 is 0 Å². The summed E-state index contributed by atoms with van der Waals surface area (Å²) in [7, 11) is 1.94. The first kappa shape index (κ1) is 18.8. The molecule has 1 N–H and O–H groups in total. The maximum absolute atomic E-state index is 14.2. The van der Waals surface area contributed by atoms with E-state index >= 15 is 0 Å². The Labute approximate surface area is 138 Å². The van der Waals surface area contributed by atoms with Crippen molar-refractivity contribution in [2.24, 2.45) is 0 Å². The van der Waals surface area contributed by atoms with Crippen molar-refractivity contribution in [3.8, 4) is 5.75 Å². The van der Waals surface area contributed by atoms with E-state index < -0.39 is 0 Å². The van der Waals surface area contributed by atoms with Crippen molar-refractivity contribution < 1.29 is 9.13 Å². The molecule has 1 unspecified atom stereocenters. The molecule has 0 aliphatic carbocycles. The Balaban J connectivity index is 0.00000242. The zero-order valence-electron chi connectivity index (χ0n) is 13.8. The van der Waals surface area contributed by atoms with Crippen LogP contribution in [0.4, 0.5) is 4.39 Å². The summed E-state index contributed by atoms with van der Waals surface area (Å²) in [6, 6.07) is 3.70. The van der Waals surface area contributed by atoms with Gasteiger partial charge in [-0.05, 0) is 51.4 Å². The molecule has 0 bridgehead atoms. The number of hydrogen-bond acceptors (Lipinski definition) is 2. The molecule has 124 valence electrons. The van der Waals surface area contributed by atoms with Crippen molar-refractivity contribution in [2.75, 3.05) is 13.7 Å². The summed E-state index contributed by atoms with van der Waals surface area (Å²) >= 11 is 0. The van der Waals surface area contributed by atoms with E-state index in [-0.39, 0.29) is 18.2 Å².